The van der Waals surface area contributed by atoms with Gasteiger partial charge in [-0.15, -0.1) is 12.4 Å². The average molecular weight is 341 g/mol. The molecule has 1 aromatic carbocycles. The van der Waals surface area contributed by atoms with Gasteiger partial charge in [0.15, 0.2) is 0 Å². The molecule has 8 heteroatoms. The number of hydrogen-bond acceptors (Lipinski definition) is 4. The number of H-pyrrole nitrogens is 1. The van der Waals surface area contributed by atoms with Gasteiger partial charge in [0.1, 0.15) is 6.54 Å². The molecule has 0 saturated heterocycles. The summed E-state index contributed by atoms with van der Waals surface area (Å²) in [6, 6.07) is 6.85. The summed E-state index contributed by atoms with van der Waals surface area (Å²) in [6.45, 7) is 4.87. The van der Waals surface area contributed by atoms with E-state index in [0.29, 0.717) is 17.4 Å². The number of aromatic amines is 1. The number of likely N-dealkylation sites (N-methyl/N-ethyl adjacent to an activating group) is 1. The number of hydrogen-bond donors (Lipinski definition) is 3. The number of amides is 1. The number of carbonyl (C=O) groups is 1. The molecule has 0 unspecified atom stereocenters. The van der Waals surface area contributed by atoms with E-state index in [-0.39, 0.29) is 30.9 Å². The first-order chi connectivity index (χ1) is 10.5. The molecule has 23 heavy (non-hydrogen) atoms. The maximum Gasteiger partial charge on any atom is 0.329 e. The number of benzene rings is 1. The highest BCUT2D eigenvalue weighted by atomic mass is 35.5. The van der Waals surface area contributed by atoms with E-state index in [1.54, 1.807) is 24.3 Å². The number of nitrogens with one attached hydrogen (secondary N) is 3. The van der Waals surface area contributed by atoms with Crippen LogP contribution in [0.5, 0.6) is 0 Å². The third-order valence-corrected chi connectivity index (χ3v) is 3.35. The summed E-state index contributed by atoms with van der Waals surface area (Å²) >= 11 is 0. The molecule has 1 amide bonds. The van der Waals surface area contributed by atoms with E-state index < -0.39 is 11.2 Å². The van der Waals surface area contributed by atoms with E-state index in [9.17, 15) is 14.4 Å². The van der Waals surface area contributed by atoms with Gasteiger partial charge in [0.2, 0.25) is 5.91 Å². The van der Waals surface area contributed by atoms with Gasteiger partial charge in [-0.3, -0.25) is 14.2 Å². The Hall–Kier alpha value is -2.12. The van der Waals surface area contributed by atoms with Crippen molar-refractivity contribution in [3.05, 3.63) is 45.1 Å². The van der Waals surface area contributed by atoms with Crippen molar-refractivity contribution < 1.29 is 4.79 Å². The van der Waals surface area contributed by atoms with Crippen molar-refractivity contribution in [2.75, 3.05) is 13.1 Å². The lowest BCUT2D eigenvalue weighted by molar-refractivity contribution is -0.121. The van der Waals surface area contributed by atoms with Crippen molar-refractivity contribution in [2.24, 2.45) is 0 Å². The van der Waals surface area contributed by atoms with Crippen molar-refractivity contribution in [2.45, 2.75) is 26.4 Å². The van der Waals surface area contributed by atoms with Gasteiger partial charge in [0, 0.05) is 12.6 Å². The first-order valence-electron chi connectivity index (χ1n) is 7.25. The van der Waals surface area contributed by atoms with E-state index in [1.807, 2.05) is 13.8 Å². The second-order valence-corrected chi connectivity index (χ2v) is 5.13. The van der Waals surface area contributed by atoms with Gasteiger partial charge >= 0.3 is 5.69 Å². The number of aromatic nitrogens is 2. The summed E-state index contributed by atoms with van der Waals surface area (Å²) in [5, 5.41) is 6.25. The third kappa shape index (κ3) is 4.67. The molecule has 1 aromatic heterocycles. The Morgan fingerprint density at radius 1 is 1.30 bits per heavy atom. The predicted molar refractivity (Wildman–Crippen MR) is 92.2 cm³/mol. The second kappa shape index (κ2) is 8.50. The number of rotatable bonds is 6. The van der Waals surface area contributed by atoms with Crippen LogP contribution in [0.2, 0.25) is 0 Å². The average Bonchev–Trinajstić information content (AvgIpc) is 2.50. The largest absolute Gasteiger partial charge is 0.353 e. The van der Waals surface area contributed by atoms with Crippen LogP contribution in [0.3, 0.4) is 0 Å². The molecular formula is C15H21ClN4O3. The van der Waals surface area contributed by atoms with Crippen molar-refractivity contribution in [3.8, 4) is 0 Å². The highest BCUT2D eigenvalue weighted by molar-refractivity contribution is 5.85. The summed E-state index contributed by atoms with van der Waals surface area (Å²) < 4.78 is 0.912. The Morgan fingerprint density at radius 3 is 2.70 bits per heavy atom. The van der Waals surface area contributed by atoms with Crippen molar-refractivity contribution >= 4 is 29.2 Å². The zero-order valence-electron chi connectivity index (χ0n) is 13.1. The van der Waals surface area contributed by atoms with E-state index >= 15 is 0 Å². The number of para-hydroxylation sites is 1. The monoisotopic (exact) mass is 340 g/mol. The van der Waals surface area contributed by atoms with Gasteiger partial charge < -0.3 is 15.6 Å². The minimum atomic E-state index is -0.585. The molecule has 2 aromatic rings. The Labute approximate surface area is 139 Å². The molecule has 0 aliphatic rings. The molecule has 0 saturated carbocycles. The summed E-state index contributed by atoms with van der Waals surface area (Å²) in [5.74, 6) is -0.368. The lowest BCUT2D eigenvalue weighted by Crippen LogP contribution is -2.44. The first-order valence-corrected chi connectivity index (χ1v) is 7.25. The zero-order chi connectivity index (χ0) is 16.1. The molecule has 0 spiro atoms. The Bertz CT molecular complexity index is 784. The molecule has 0 aliphatic carbocycles. The third-order valence-electron chi connectivity index (χ3n) is 3.35. The maximum absolute atomic E-state index is 12.3. The van der Waals surface area contributed by atoms with Crippen LogP contribution < -0.4 is 21.9 Å². The quantitative estimate of drug-likeness (QED) is 0.701. The minimum Gasteiger partial charge on any atom is -0.353 e. The number of carbonyl (C=O) groups excluding carboxylic acids is 1. The van der Waals surface area contributed by atoms with Crippen LogP contribution in [0.4, 0.5) is 0 Å². The summed E-state index contributed by atoms with van der Waals surface area (Å²) in [6.07, 6.45) is 0. The predicted octanol–water partition coefficient (Wildman–Crippen LogP) is 0.226. The fourth-order valence-corrected chi connectivity index (χ4v) is 2.23. The van der Waals surface area contributed by atoms with E-state index in [4.69, 9.17) is 0 Å². The topological polar surface area (TPSA) is 96.0 Å². The van der Waals surface area contributed by atoms with Crippen LogP contribution in [-0.2, 0) is 11.3 Å². The fourth-order valence-electron chi connectivity index (χ4n) is 2.23. The summed E-state index contributed by atoms with van der Waals surface area (Å²) in [5.41, 5.74) is -0.581. The molecule has 2 rings (SSSR count). The first kappa shape index (κ1) is 18.9. The molecule has 3 N–H and O–H groups in total. The maximum atomic E-state index is 12.3. The van der Waals surface area contributed by atoms with Gasteiger partial charge in [-0.25, -0.2) is 4.79 Å². The molecule has 0 fully saturated rings. The van der Waals surface area contributed by atoms with E-state index in [1.165, 1.54) is 0 Å². The molecule has 1 atom stereocenters. The molecule has 0 aliphatic heterocycles. The Balaban J connectivity index is 0.00000264. The lowest BCUT2D eigenvalue weighted by Gasteiger charge is -2.13. The van der Waals surface area contributed by atoms with E-state index in [0.717, 1.165) is 11.1 Å². The lowest BCUT2D eigenvalue weighted by atomic mass is 10.2. The normalized spacial score (nSPS) is 11.7. The van der Waals surface area contributed by atoms with Gasteiger partial charge in [0.25, 0.3) is 5.56 Å². The van der Waals surface area contributed by atoms with Crippen LogP contribution in [0.15, 0.2) is 33.9 Å². The summed E-state index contributed by atoms with van der Waals surface area (Å²) in [7, 11) is 0. The van der Waals surface area contributed by atoms with Crippen LogP contribution >= 0.6 is 12.4 Å². The van der Waals surface area contributed by atoms with Crippen LogP contribution in [-0.4, -0.2) is 34.6 Å². The van der Waals surface area contributed by atoms with Crippen LogP contribution in [0, 0.1) is 0 Å². The SMILES string of the molecule is CCN[C@H](C)CNC(=O)Cn1c(=O)[nH]c2ccccc2c1=O.Cl. The molecule has 7 nitrogen and oxygen atoms in total. The van der Waals surface area contributed by atoms with Gasteiger partial charge in [-0.1, -0.05) is 19.1 Å². The number of fused-ring (bicyclic) bond motifs is 1. The van der Waals surface area contributed by atoms with Crippen LogP contribution in [0.1, 0.15) is 13.8 Å². The molecule has 0 radical (unpaired) electrons. The Morgan fingerprint density at radius 2 is 2.00 bits per heavy atom. The van der Waals surface area contributed by atoms with Crippen LogP contribution in [0.25, 0.3) is 10.9 Å². The molecule has 0 bridgehead atoms. The minimum absolute atomic E-state index is 0. The molecule has 1 heterocycles. The van der Waals surface area contributed by atoms with Crippen molar-refractivity contribution in [3.63, 3.8) is 0 Å². The highest BCUT2D eigenvalue weighted by Gasteiger charge is 2.11. The van der Waals surface area contributed by atoms with Gasteiger partial charge in [-0.05, 0) is 25.6 Å². The van der Waals surface area contributed by atoms with Gasteiger partial charge in [0.05, 0.1) is 10.9 Å². The number of halogens is 1. The molecular weight excluding hydrogens is 320 g/mol. The van der Waals surface area contributed by atoms with Crippen molar-refractivity contribution in [1.82, 2.24) is 20.2 Å². The Kier molecular flexibility index (Phi) is 6.99. The second-order valence-electron chi connectivity index (χ2n) is 5.13. The fraction of sp³-hybridized carbons (Fsp3) is 0.400. The molecule has 126 valence electrons. The summed E-state index contributed by atoms with van der Waals surface area (Å²) in [4.78, 5) is 38.7. The van der Waals surface area contributed by atoms with Crippen molar-refractivity contribution in [1.29, 1.82) is 0 Å². The van der Waals surface area contributed by atoms with Gasteiger partial charge in [-0.2, -0.15) is 0 Å². The van der Waals surface area contributed by atoms with E-state index in [2.05, 4.69) is 15.6 Å². The highest BCUT2D eigenvalue weighted by Crippen LogP contribution is 2.02. The smallest absolute Gasteiger partial charge is 0.329 e. The zero-order valence-corrected chi connectivity index (χ0v) is 13.9. The number of nitrogens with zero attached hydrogens (tertiary/aromatic N) is 1. The standard InChI is InChI=1S/C15H20N4O3.ClH/c1-3-16-10(2)8-17-13(20)9-19-14(21)11-6-4-5-7-12(11)18-15(19)22;/h4-7,10,16H,3,8-9H2,1-2H3,(H,17,20)(H,18,22);1H/t10-;/m1./s1.